The first-order chi connectivity index (χ1) is 11.9. The molecule has 2 aliphatic heterocycles. The molecule has 0 N–H and O–H groups in total. The summed E-state index contributed by atoms with van der Waals surface area (Å²) < 4.78 is 34.6. The van der Waals surface area contributed by atoms with Gasteiger partial charge in [0.05, 0.1) is 10.5 Å². The SMILES string of the molecule is COCC[C@@H]1CCOC12CCN(Cc1ccc(S(C)(=O)=O)cc1)CC2. The number of rotatable bonds is 6. The van der Waals surface area contributed by atoms with Crippen molar-refractivity contribution >= 4 is 9.84 Å². The Morgan fingerprint density at radius 2 is 1.92 bits per heavy atom. The van der Waals surface area contributed by atoms with Gasteiger partial charge in [0.15, 0.2) is 9.84 Å². The molecule has 2 aliphatic rings. The number of benzene rings is 1. The van der Waals surface area contributed by atoms with E-state index in [-0.39, 0.29) is 5.60 Å². The number of piperidine rings is 1. The van der Waals surface area contributed by atoms with E-state index in [0.29, 0.717) is 10.8 Å². The summed E-state index contributed by atoms with van der Waals surface area (Å²) in [6, 6.07) is 7.26. The summed E-state index contributed by atoms with van der Waals surface area (Å²) in [5.41, 5.74) is 1.21. The van der Waals surface area contributed by atoms with E-state index < -0.39 is 9.84 Å². The lowest BCUT2D eigenvalue weighted by atomic mass is 9.78. The van der Waals surface area contributed by atoms with Crippen molar-refractivity contribution in [1.82, 2.24) is 4.90 Å². The number of methoxy groups -OCH3 is 1. The van der Waals surface area contributed by atoms with Crippen LogP contribution in [0.1, 0.15) is 31.2 Å². The van der Waals surface area contributed by atoms with Gasteiger partial charge in [-0.2, -0.15) is 0 Å². The molecule has 0 radical (unpaired) electrons. The molecule has 0 bridgehead atoms. The first-order valence-corrected chi connectivity index (χ1v) is 11.0. The van der Waals surface area contributed by atoms with Gasteiger partial charge in [-0.1, -0.05) is 12.1 Å². The number of hydrogen-bond donors (Lipinski definition) is 0. The molecule has 0 aromatic heterocycles. The zero-order valence-corrected chi connectivity index (χ0v) is 16.1. The van der Waals surface area contributed by atoms with Crippen LogP contribution in [0.2, 0.25) is 0 Å². The monoisotopic (exact) mass is 367 g/mol. The zero-order chi connectivity index (χ0) is 17.9. The fourth-order valence-electron chi connectivity index (χ4n) is 4.20. The largest absolute Gasteiger partial charge is 0.385 e. The molecule has 0 unspecified atom stereocenters. The molecule has 1 aromatic rings. The van der Waals surface area contributed by atoms with Crippen molar-refractivity contribution in [2.24, 2.45) is 5.92 Å². The van der Waals surface area contributed by atoms with E-state index in [2.05, 4.69) is 4.90 Å². The molecule has 6 heteroatoms. The molecular weight excluding hydrogens is 338 g/mol. The normalized spacial score (nSPS) is 24.0. The Morgan fingerprint density at radius 3 is 2.52 bits per heavy atom. The van der Waals surface area contributed by atoms with Gasteiger partial charge in [0.2, 0.25) is 0 Å². The molecule has 2 fully saturated rings. The Kier molecular flexibility index (Phi) is 5.83. The fourth-order valence-corrected chi connectivity index (χ4v) is 4.83. The summed E-state index contributed by atoms with van der Waals surface area (Å²) in [5.74, 6) is 0.614. The molecule has 1 aromatic carbocycles. The number of hydrogen-bond acceptors (Lipinski definition) is 5. The molecular formula is C19H29NO4S. The van der Waals surface area contributed by atoms with Crippen molar-refractivity contribution in [1.29, 1.82) is 0 Å². The minimum Gasteiger partial charge on any atom is -0.385 e. The summed E-state index contributed by atoms with van der Waals surface area (Å²) in [4.78, 5) is 2.82. The van der Waals surface area contributed by atoms with Crippen molar-refractivity contribution in [3.8, 4) is 0 Å². The molecule has 0 amide bonds. The number of nitrogens with zero attached hydrogens (tertiary/aromatic N) is 1. The van der Waals surface area contributed by atoms with Crippen LogP contribution in [0, 0.1) is 5.92 Å². The maximum atomic E-state index is 11.6. The van der Waals surface area contributed by atoms with Crippen LogP contribution >= 0.6 is 0 Å². The van der Waals surface area contributed by atoms with Crippen LogP contribution in [0.3, 0.4) is 0 Å². The maximum Gasteiger partial charge on any atom is 0.175 e. The molecule has 5 nitrogen and oxygen atoms in total. The second-order valence-electron chi connectivity index (χ2n) is 7.37. The summed E-state index contributed by atoms with van der Waals surface area (Å²) >= 11 is 0. The standard InChI is InChI=1S/C19H29NO4S/c1-23-13-7-17-8-14-24-19(17)9-11-20(12-10-19)15-16-3-5-18(6-4-16)25(2,21)22/h3-6,17H,7-15H2,1-2H3/t17-/m1/s1. The van der Waals surface area contributed by atoms with E-state index in [9.17, 15) is 8.42 Å². The number of likely N-dealkylation sites (tertiary alicyclic amines) is 1. The van der Waals surface area contributed by atoms with E-state index in [1.165, 1.54) is 6.26 Å². The van der Waals surface area contributed by atoms with E-state index in [4.69, 9.17) is 9.47 Å². The van der Waals surface area contributed by atoms with Gasteiger partial charge in [0.25, 0.3) is 0 Å². The number of sulfone groups is 1. The smallest absolute Gasteiger partial charge is 0.175 e. The minimum absolute atomic E-state index is 0.0508. The van der Waals surface area contributed by atoms with Gasteiger partial charge >= 0.3 is 0 Å². The van der Waals surface area contributed by atoms with Gasteiger partial charge in [0, 0.05) is 46.2 Å². The van der Waals surface area contributed by atoms with Crippen molar-refractivity contribution in [3.63, 3.8) is 0 Å². The van der Waals surface area contributed by atoms with E-state index in [0.717, 1.165) is 64.1 Å². The molecule has 140 valence electrons. The second-order valence-corrected chi connectivity index (χ2v) is 9.39. The molecule has 3 rings (SSSR count). The lowest BCUT2D eigenvalue weighted by Gasteiger charge is -2.42. The predicted octanol–water partition coefficient (Wildman–Crippen LogP) is 2.50. The fraction of sp³-hybridized carbons (Fsp3) is 0.684. The van der Waals surface area contributed by atoms with Crippen LogP contribution in [0.25, 0.3) is 0 Å². The summed E-state index contributed by atoms with van der Waals surface area (Å²) in [6.45, 7) is 4.60. The van der Waals surface area contributed by atoms with Crippen LogP contribution in [0.4, 0.5) is 0 Å². The zero-order valence-electron chi connectivity index (χ0n) is 15.2. The van der Waals surface area contributed by atoms with Crippen LogP contribution in [-0.4, -0.2) is 58.6 Å². The van der Waals surface area contributed by atoms with Gasteiger partial charge in [-0.05, 0) is 49.3 Å². The topological polar surface area (TPSA) is 55.8 Å². The molecule has 0 saturated carbocycles. The third-order valence-corrected chi connectivity index (χ3v) is 6.86. The molecule has 1 spiro atoms. The van der Waals surface area contributed by atoms with E-state index in [1.54, 1.807) is 19.2 Å². The highest BCUT2D eigenvalue weighted by atomic mass is 32.2. The highest BCUT2D eigenvalue weighted by Crippen LogP contribution is 2.42. The lowest BCUT2D eigenvalue weighted by molar-refractivity contribution is -0.0721. The Bertz CT molecular complexity index is 663. The molecule has 2 saturated heterocycles. The highest BCUT2D eigenvalue weighted by molar-refractivity contribution is 7.90. The highest BCUT2D eigenvalue weighted by Gasteiger charge is 2.45. The van der Waals surface area contributed by atoms with Gasteiger partial charge in [-0.3, -0.25) is 4.90 Å². The van der Waals surface area contributed by atoms with Crippen molar-refractivity contribution in [2.75, 3.05) is 39.7 Å². The van der Waals surface area contributed by atoms with Gasteiger partial charge in [0.1, 0.15) is 0 Å². The Morgan fingerprint density at radius 1 is 1.24 bits per heavy atom. The van der Waals surface area contributed by atoms with Crippen molar-refractivity contribution < 1.29 is 17.9 Å². The molecule has 25 heavy (non-hydrogen) atoms. The summed E-state index contributed by atoms with van der Waals surface area (Å²) in [7, 11) is -1.36. The molecule has 1 atom stereocenters. The molecule has 0 aliphatic carbocycles. The van der Waals surface area contributed by atoms with E-state index >= 15 is 0 Å². The Hall–Kier alpha value is -0.950. The predicted molar refractivity (Wildman–Crippen MR) is 97.3 cm³/mol. The maximum absolute atomic E-state index is 11.6. The van der Waals surface area contributed by atoms with Crippen molar-refractivity contribution in [2.45, 2.75) is 42.7 Å². The van der Waals surface area contributed by atoms with Gasteiger partial charge in [-0.15, -0.1) is 0 Å². The van der Waals surface area contributed by atoms with Crippen LogP contribution in [-0.2, 0) is 25.9 Å². The third-order valence-electron chi connectivity index (χ3n) is 5.73. The number of ether oxygens (including phenoxy) is 2. The first-order valence-electron chi connectivity index (χ1n) is 9.07. The third kappa shape index (κ3) is 4.42. The van der Waals surface area contributed by atoms with Crippen LogP contribution < -0.4 is 0 Å². The molecule has 2 heterocycles. The first kappa shape index (κ1) is 18.8. The minimum atomic E-state index is -3.12. The summed E-state index contributed by atoms with van der Waals surface area (Å²) in [5, 5.41) is 0. The lowest BCUT2D eigenvalue weighted by Crippen LogP contribution is -2.47. The average molecular weight is 368 g/mol. The van der Waals surface area contributed by atoms with Crippen LogP contribution in [0.15, 0.2) is 29.2 Å². The van der Waals surface area contributed by atoms with Gasteiger partial charge in [-0.25, -0.2) is 8.42 Å². The summed E-state index contributed by atoms with van der Waals surface area (Å²) in [6.07, 6.45) is 5.62. The van der Waals surface area contributed by atoms with Crippen LogP contribution in [0.5, 0.6) is 0 Å². The average Bonchev–Trinajstić information content (AvgIpc) is 2.97. The second kappa shape index (κ2) is 7.74. The van der Waals surface area contributed by atoms with Crippen molar-refractivity contribution in [3.05, 3.63) is 29.8 Å². The van der Waals surface area contributed by atoms with E-state index in [1.807, 2.05) is 12.1 Å². The quantitative estimate of drug-likeness (QED) is 0.773. The Balaban J connectivity index is 1.56. The van der Waals surface area contributed by atoms with Gasteiger partial charge < -0.3 is 9.47 Å². The Labute approximate surface area is 151 Å².